The van der Waals surface area contributed by atoms with Crippen LogP contribution >= 0.6 is 0 Å². The first-order chi connectivity index (χ1) is 16.0. The minimum absolute atomic E-state index is 0.00987. The van der Waals surface area contributed by atoms with Crippen molar-refractivity contribution in [1.29, 1.82) is 0 Å². The highest BCUT2D eigenvalue weighted by atomic mass is 19.1. The minimum atomic E-state index is -0.776. The molecule has 0 aromatic heterocycles. The van der Waals surface area contributed by atoms with Crippen LogP contribution in [0.4, 0.5) is 4.39 Å². The number of carboxylic acid groups (broad SMARTS) is 1. The molecule has 1 aliphatic heterocycles. The number of carbonyl (C=O) groups is 1. The number of halogens is 1. The van der Waals surface area contributed by atoms with E-state index in [1.54, 1.807) is 19.2 Å². The van der Waals surface area contributed by atoms with Crippen LogP contribution < -0.4 is 9.47 Å². The van der Waals surface area contributed by atoms with E-state index in [1.807, 2.05) is 48.5 Å². The second-order valence-corrected chi connectivity index (χ2v) is 9.02. The van der Waals surface area contributed by atoms with Crippen molar-refractivity contribution in [3.05, 3.63) is 83.2 Å². The average molecular weight is 447 g/mol. The lowest BCUT2D eigenvalue weighted by Crippen LogP contribution is -2.17. The topological polar surface area (TPSA) is 55.8 Å². The third-order valence-corrected chi connectivity index (χ3v) is 6.80. The van der Waals surface area contributed by atoms with Crippen LogP contribution in [0.5, 0.6) is 11.5 Å². The Balaban J connectivity index is 1.38. The second-order valence-electron chi connectivity index (χ2n) is 9.02. The number of carboxylic acids is 1. The summed E-state index contributed by atoms with van der Waals surface area (Å²) in [6.07, 6.45) is 3.40. The largest absolute Gasteiger partial charge is 0.497 e. The summed E-state index contributed by atoms with van der Waals surface area (Å²) in [6, 6.07) is 18.9. The number of aryl methyl sites for hydroxylation is 1. The zero-order chi connectivity index (χ0) is 22.9. The Morgan fingerprint density at radius 1 is 1.09 bits per heavy atom. The van der Waals surface area contributed by atoms with E-state index >= 15 is 4.39 Å². The molecule has 4 nitrogen and oxygen atoms in total. The van der Waals surface area contributed by atoms with Gasteiger partial charge in [0.25, 0.3) is 0 Å². The van der Waals surface area contributed by atoms with Crippen LogP contribution in [0.15, 0.2) is 60.7 Å². The Morgan fingerprint density at radius 3 is 2.64 bits per heavy atom. The molecule has 0 spiro atoms. The Morgan fingerprint density at radius 2 is 1.91 bits per heavy atom. The lowest BCUT2D eigenvalue weighted by Gasteiger charge is -2.28. The van der Waals surface area contributed by atoms with Gasteiger partial charge in [0.1, 0.15) is 23.4 Å². The average Bonchev–Trinajstić information content (AvgIpc) is 3.67. The molecule has 5 rings (SSSR count). The first-order valence-corrected chi connectivity index (χ1v) is 11.5. The van der Waals surface area contributed by atoms with Gasteiger partial charge in [0, 0.05) is 5.56 Å². The second kappa shape index (κ2) is 8.89. The van der Waals surface area contributed by atoms with Crippen LogP contribution in [-0.2, 0) is 11.2 Å². The molecular weight excluding hydrogens is 419 g/mol. The highest BCUT2D eigenvalue weighted by molar-refractivity contribution is 5.68. The number of hydrogen-bond donors (Lipinski definition) is 1. The molecule has 5 heteroatoms. The van der Waals surface area contributed by atoms with Crippen LogP contribution in [0.1, 0.15) is 54.4 Å². The summed E-state index contributed by atoms with van der Waals surface area (Å²) in [4.78, 5) is 11.4. The number of ether oxygens (including phenoxy) is 2. The van der Waals surface area contributed by atoms with Gasteiger partial charge in [-0.15, -0.1) is 0 Å². The predicted octanol–water partition coefficient (Wildman–Crippen LogP) is 6.54. The molecule has 1 N–H and O–H groups in total. The standard InChI is InChI=1S/C28H27FO4/c1-32-22-4-2-3-19(13-22)20-9-11-23(25(29)14-20)26-12-10-18-7-8-21(15-27(18)33-26)24(16-28(30)31)17-5-6-17/h2-4,7-9,11,13-15,17,24,26H,5-6,10,12,16H2,1H3,(H,30,31)/t24-,26?/m0/s1. The Hall–Kier alpha value is -3.34. The van der Waals surface area contributed by atoms with Gasteiger partial charge in [-0.1, -0.05) is 36.4 Å². The van der Waals surface area contributed by atoms with Gasteiger partial charge in [-0.05, 0) is 84.0 Å². The molecule has 0 amide bonds. The maximum Gasteiger partial charge on any atom is 0.303 e. The quantitative estimate of drug-likeness (QED) is 0.448. The van der Waals surface area contributed by atoms with Crippen molar-refractivity contribution < 1.29 is 23.8 Å². The van der Waals surface area contributed by atoms with E-state index in [9.17, 15) is 9.90 Å². The molecule has 0 bridgehead atoms. The van der Waals surface area contributed by atoms with Gasteiger partial charge in [0.15, 0.2) is 0 Å². The summed E-state index contributed by atoms with van der Waals surface area (Å²) in [5.41, 5.74) is 4.32. The number of aliphatic carboxylic acids is 1. The zero-order valence-electron chi connectivity index (χ0n) is 18.6. The summed E-state index contributed by atoms with van der Waals surface area (Å²) in [6.45, 7) is 0. The van der Waals surface area contributed by atoms with Gasteiger partial charge >= 0.3 is 5.97 Å². The predicted molar refractivity (Wildman–Crippen MR) is 124 cm³/mol. The van der Waals surface area contributed by atoms with Crippen LogP contribution in [0, 0.1) is 11.7 Å². The van der Waals surface area contributed by atoms with Crippen LogP contribution in [0.25, 0.3) is 11.1 Å². The first-order valence-electron chi connectivity index (χ1n) is 11.5. The first kappa shape index (κ1) is 21.5. The summed E-state index contributed by atoms with van der Waals surface area (Å²) >= 11 is 0. The third kappa shape index (κ3) is 4.58. The van der Waals surface area contributed by atoms with E-state index in [2.05, 4.69) is 0 Å². The monoisotopic (exact) mass is 446 g/mol. The molecule has 1 aliphatic carbocycles. The van der Waals surface area contributed by atoms with E-state index in [0.717, 1.165) is 53.0 Å². The molecule has 2 aliphatic rings. The molecule has 3 aromatic carbocycles. The summed E-state index contributed by atoms with van der Waals surface area (Å²) < 4.78 is 26.7. The Kier molecular flexibility index (Phi) is 5.79. The molecule has 0 saturated heterocycles. The van der Waals surface area contributed by atoms with E-state index in [4.69, 9.17) is 9.47 Å². The zero-order valence-corrected chi connectivity index (χ0v) is 18.6. The van der Waals surface area contributed by atoms with Crippen molar-refractivity contribution >= 4 is 5.97 Å². The lowest BCUT2D eigenvalue weighted by atomic mass is 9.88. The number of rotatable bonds is 7. The summed E-state index contributed by atoms with van der Waals surface area (Å²) in [7, 11) is 1.61. The van der Waals surface area contributed by atoms with Gasteiger partial charge in [0.2, 0.25) is 0 Å². The molecule has 1 saturated carbocycles. The third-order valence-electron chi connectivity index (χ3n) is 6.80. The molecule has 1 unspecified atom stereocenters. The maximum absolute atomic E-state index is 15.2. The molecule has 170 valence electrons. The van der Waals surface area contributed by atoms with Crippen LogP contribution in [0.3, 0.4) is 0 Å². The highest BCUT2D eigenvalue weighted by Crippen LogP contribution is 2.46. The van der Waals surface area contributed by atoms with Crippen molar-refractivity contribution in [2.45, 2.75) is 44.1 Å². The fourth-order valence-electron chi connectivity index (χ4n) is 4.85. The molecule has 0 radical (unpaired) electrons. The van der Waals surface area contributed by atoms with Gasteiger partial charge in [0.05, 0.1) is 13.5 Å². The van der Waals surface area contributed by atoms with Gasteiger partial charge < -0.3 is 14.6 Å². The number of methoxy groups -OCH3 is 1. The molecule has 1 heterocycles. The van der Waals surface area contributed by atoms with E-state index in [1.165, 1.54) is 0 Å². The summed E-state index contributed by atoms with van der Waals surface area (Å²) in [5.74, 6) is 0.850. The normalized spacial score (nSPS) is 18.2. The van der Waals surface area contributed by atoms with Crippen molar-refractivity contribution in [3.63, 3.8) is 0 Å². The summed E-state index contributed by atoms with van der Waals surface area (Å²) in [5, 5.41) is 9.34. The van der Waals surface area contributed by atoms with E-state index < -0.39 is 5.97 Å². The lowest BCUT2D eigenvalue weighted by molar-refractivity contribution is -0.137. The van der Waals surface area contributed by atoms with Crippen LogP contribution in [-0.4, -0.2) is 18.2 Å². The molecular formula is C28H27FO4. The van der Waals surface area contributed by atoms with E-state index in [0.29, 0.717) is 17.9 Å². The van der Waals surface area contributed by atoms with Crippen molar-refractivity contribution in [2.24, 2.45) is 5.92 Å². The fourth-order valence-corrected chi connectivity index (χ4v) is 4.85. The number of benzene rings is 3. The molecule has 33 heavy (non-hydrogen) atoms. The van der Waals surface area contributed by atoms with Gasteiger partial charge in [-0.3, -0.25) is 4.79 Å². The van der Waals surface area contributed by atoms with Crippen molar-refractivity contribution in [2.75, 3.05) is 7.11 Å². The van der Waals surface area contributed by atoms with Gasteiger partial charge in [-0.2, -0.15) is 0 Å². The van der Waals surface area contributed by atoms with E-state index in [-0.39, 0.29) is 24.3 Å². The minimum Gasteiger partial charge on any atom is -0.497 e. The van der Waals surface area contributed by atoms with Crippen molar-refractivity contribution in [1.82, 2.24) is 0 Å². The number of fused-ring (bicyclic) bond motifs is 1. The number of hydrogen-bond acceptors (Lipinski definition) is 3. The molecule has 2 atom stereocenters. The van der Waals surface area contributed by atoms with Crippen LogP contribution in [0.2, 0.25) is 0 Å². The van der Waals surface area contributed by atoms with Gasteiger partial charge in [-0.25, -0.2) is 4.39 Å². The molecule has 3 aromatic rings. The smallest absolute Gasteiger partial charge is 0.303 e. The maximum atomic E-state index is 15.2. The Bertz CT molecular complexity index is 1180. The SMILES string of the molecule is COc1cccc(-c2ccc(C3CCc4ccc([C@@H](CC(=O)O)C5CC5)cc4O3)c(F)c2)c1. The Labute approximate surface area is 193 Å². The highest BCUT2D eigenvalue weighted by Gasteiger charge is 2.34. The molecule has 1 fully saturated rings. The fraction of sp³-hybridized carbons (Fsp3) is 0.321. The van der Waals surface area contributed by atoms with Crippen molar-refractivity contribution in [3.8, 4) is 22.6 Å².